The highest BCUT2D eigenvalue weighted by molar-refractivity contribution is 6.18. The van der Waals surface area contributed by atoms with Gasteiger partial charge in [0.25, 0.3) is 0 Å². The lowest BCUT2D eigenvalue weighted by Crippen LogP contribution is -2.11. The van der Waals surface area contributed by atoms with Crippen LogP contribution in [0.15, 0.2) is 64.2 Å². The van der Waals surface area contributed by atoms with Crippen LogP contribution in [-0.4, -0.2) is 24.3 Å². The lowest BCUT2D eigenvalue weighted by atomic mass is 9.98. The molecule has 23 heavy (non-hydrogen) atoms. The van der Waals surface area contributed by atoms with E-state index >= 15 is 0 Å². The first-order valence-electron chi connectivity index (χ1n) is 6.90. The number of Topliss-reactive ketones (excluding diaryl/α,β-unsaturated/α-hetero) is 1. The molecule has 0 unspecified atom stereocenters. The first kappa shape index (κ1) is 20.2. The number of nitrogens with one attached hydrogen (secondary N) is 1. The molecule has 5 nitrogen and oxygen atoms in total. The fraction of sp³-hybridized carbons (Fsp3) is 0.235. The zero-order valence-corrected chi connectivity index (χ0v) is 13.7. The minimum absolute atomic E-state index is 0.0994. The molecule has 0 saturated carbocycles. The molecular weight excluding hydrogens is 295 g/mol. The van der Waals surface area contributed by atoms with Gasteiger partial charge in [0.2, 0.25) is 0 Å². The topological polar surface area (TPSA) is 105 Å². The van der Waals surface area contributed by atoms with Gasteiger partial charge in [-0.05, 0) is 39.1 Å². The third kappa shape index (κ3) is 6.69. The van der Waals surface area contributed by atoms with Crippen LogP contribution < -0.4 is 11.5 Å². The van der Waals surface area contributed by atoms with E-state index in [1.54, 1.807) is 6.92 Å². The van der Waals surface area contributed by atoms with E-state index in [-0.39, 0.29) is 23.5 Å². The van der Waals surface area contributed by atoms with Crippen LogP contribution in [-0.2, 0) is 4.79 Å². The van der Waals surface area contributed by atoms with Crippen molar-refractivity contribution < 1.29 is 9.18 Å². The number of carbonyl (C=O) groups excluding carboxylic acids is 1. The van der Waals surface area contributed by atoms with Gasteiger partial charge in [-0.1, -0.05) is 12.7 Å². The average molecular weight is 318 g/mol. The summed E-state index contributed by atoms with van der Waals surface area (Å²) in [6, 6.07) is 0. The molecule has 0 aromatic heterocycles. The van der Waals surface area contributed by atoms with Crippen LogP contribution in [0.4, 0.5) is 4.39 Å². The minimum atomic E-state index is -0.551. The van der Waals surface area contributed by atoms with Crippen molar-refractivity contribution >= 4 is 17.7 Å². The Balaban J connectivity index is 5.81. The maximum Gasteiger partial charge on any atom is 0.160 e. The molecule has 0 spiro atoms. The van der Waals surface area contributed by atoms with Crippen LogP contribution in [0.2, 0.25) is 0 Å². The summed E-state index contributed by atoms with van der Waals surface area (Å²) in [5.41, 5.74) is 12.7. The number of halogens is 1. The van der Waals surface area contributed by atoms with Gasteiger partial charge in [-0.25, -0.2) is 4.39 Å². The van der Waals surface area contributed by atoms with Crippen LogP contribution in [0.5, 0.6) is 0 Å². The summed E-state index contributed by atoms with van der Waals surface area (Å²) in [7, 11) is 0. The maximum atomic E-state index is 13.5. The van der Waals surface area contributed by atoms with Crippen molar-refractivity contribution in [2.45, 2.75) is 20.8 Å². The molecule has 0 aliphatic rings. The first-order chi connectivity index (χ1) is 10.8. The largest absolute Gasteiger partial charge is 0.405 e. The Morgan fingerprint density at radius 1 is 1.39 bits per heavy atom. The van der Waals surface area contributed by atoms with Crippen molar-refractivity contribution in [2.24, 2.45) is 16.5 Å². The molecule has 0 aliphatic carbocycles. The molecule has 124 valence electrons. The Morgan fingerprint density at radius 2 is 2.00 bits per heavy atom. The predicted octanol–water partition coefficient (Wildman–Crippen LogP) is 2.73. The summed E-state index contributed by atoms with van der Waals surface area (Å²) in [6.07, 6.45) is 6.15. The lowest BCUT2D eigenvalue weighted by Gasteiger charge is -2.09. The second kappa shape index (κ2) is 10.0. The summed E-state index contributed by atoms with van der Waals surface area (Å²) in [5, 5.41) is 7.29. The van der Waals surface area contributed by atoms with Gasteiger partial charge in [0.05, 0.1) is 12.3 Å². The Hall–Kier alpha value is -2.76. The molecule has 0 aromatic rings. The van der Waals surface area contributed by atoms with Gasteiger partial charge >= 0.3 is 0 Å². The minimum Gasteiger partial charge on any atom is -0.405 e. The van der Waals surface area contributed by atoms with Crippen molar-refractivity contribution in [2.75, 3.05) is 6.54 Å². The normalized spacial score (nSPS) is 14.7. The number of hydrogen-bond donors (Lipinski definition) is 3. The molecule has 0 heterocycles. The second-order valence-corrected chi connectivity index (χ2v) is 4.68. The third-order valence-electron chi connectivity index (χ3n) is 2.93. The molecule has 6 heteroatoms. The quantitative estimate of drug-likeness (QED) is 0.364. The van der Waals surface area contributed by atoms with E-state index in [0.29, 0.717) is 17.0 Å². The Morgan fingerprint density at radius 3 is 2.39 bits per heavy atom. The van der Waals surface area contributed by atoms with Crippen molar-refractivity contribution in [3.05, 3.63) is 59.3 Å². The zero-order valence-electron chi connectivity index (χ0n) is 13.7. The van der Waals surface area contributed by atoms with Gasteiger partial charge < -0.3 is 16.9 Å². The second-order valence-electron chi connectivity index (χ2n) is 4.68. The van der Waals surface area contributed by atoms with Gasteiger partial charge in [0.15, 0.2) is 5.78 Å². The summed E-state index contributed by atoms with van der Waals surface area (Å²) in [6.45, 7) is 8.43. The number of nitrogens with zero attached hydrogens (tertiary/aromatic N) is 1. The summed E-state index contributed by atoms with van der Waals surface area (Å²) in [4.78, 5) is 16.0. The van der Waals surface area contributed by atoms with Crippen molar-refractivity contribution in [1.82, 2.24) is 0 Å². The number of rotatable bonds is 8. The van der Waals surface area contributed by atoms with Crippen molar-refractivity contribution in [1.29, 1.82) is 5.41 Å². The number of allylic oxidation sites excluding steroid dienone is 7. The molecule has 0 atom stereocenters. The van der Waals surface area contributed by atoms with E-state index in [1.165, 1.54) is 32.2 Å². The third-order valence-corrected chi connectivity index (χ3v) is 2.93. The van der Waals surface area contributed by atoms with Crippen LogP contribution in [0, 0.1) is 5.41 Å². The Bertz CT molecular complexity index is 633. The highest BCUT2D eigenvalue weighted by atomic mass is 19.1. The SMILES string of the molecule is C=C(C(C=CN)=NC/C(C=N)=C(\C)N)/C(=C\C(F)=C/C)C(C)=O. The fourth-order valence-electron chi connectivity index (χ4n) is 1.55. The highest BCUT2D eigenvalue weighted by Gasteiger charge is 2.13. The summed E-state index contributed by atoms with van der Waals surface area (Å²) >= 11 is 0. The van der Waals surface area contributed by atoms with Gasteiger partial charge in [0, 0.05) is 28.6 Å². The molecular formula is C17H23FN4O. The summed E-state index contributed by atoms with van der Waals surface area (Å²) < 4.78 is 13.5. The van der Waals surface area contributed by atoms with E-state index in [4.69, 9.17) is 16.9 Å². The van der Waals surface area contributed by atoms with Gasteiger partial charge in [-0.2, -0.15) is 0 Å². The van der Waals surface area contributed by atoms with Gasteiger partial charge in [-0.15, -0.1) is 0 Å². The van der Waals surface area contributed by atoms with E-state index < -0.39 is 5.83 Å². The zero-order chi connectivity index (χ0) is 18.0. The standard InChI is InChI=1S/C17H23FN4O/c1-5-15(18)8-16(13(4)23)11(2)17(6-7-19)22-10-14(9-20)12(3)21/h5-9,20H,2,10,19,21H2,1,3-4H3/b7-6?,14-12+,15-5+,16-8+,20-9?,22-17?. The molecule has 0 saturated heterocycles. The highest BCUT2D eigenvalue weighted by Crippen LogP contribution is 2.16. The Kier molecular flexibility index (Phi) is 8.84. The van der Waals surface area contributed by atoms with Crippen LogP contribution in [0.3, 0.4) is 0 Å². The van der Waals surface area contributed by atoms with E-state index in [2.05, 4.69) is 11.6 Å². The van der Waals surface area contributed by atoms with E-state index in [9.17, 15) is 9.18 Å². The monoisotopic (exact) mass is 318 g/mol. The molecule has 0 aliphatic heterocycles. The van der Waals surface area contributed by atoms with E-state index in [1.807, 2.05) is 0 Å². The maximum absolute atomic E-state index is 13.5. The first-order valence-corrected chi connectivity index (χ1v) is 6.90. The van der Waals surface area contributed by atoms with E-state index in [0.717, 1.165) is 12.3 Å². The number of ketones is 1. The fourth-order valence-corrected chi connectivity index (χ4v) is 1.55. The average Bonchev–Trinajstić information content (AvgIpc) is 2.50. The molecule has 0 bridgehead atoms. The number of carbonyl (C=O) groups is 1. The van der Waals surface area contributed by atoms with Crippen LogP contribution in [0.25, 0.3) is 0 Å². The van der Waals surface area contributed by atoms with Crippen LogP contribution in [0.1, 0.15) is 20.8 Å². The van der Waals surface area contributed by atoms with Crippen molar-refractivity contribution in [3.63, 3.8) is 0 Å². The molecule has 0 rings (SSSR count). The van der Waals surface area contributed by atoms with Gasteiger partial charge in [-0.3, -0.25) is 9.79 Å². The van der Waals surface area contributed by atoms with Crippen LogP contribution >= 0.6 is 0 Å². The van der Waals surface area contributed by atoms with Gasteiger partial charge in [0.1, 0.15) is 5.83 Å². The number of hydrogen-bond acceptors (Lipinski definition) is 5. The molecule has 5 N–H and O–H groups in total. The molecule has 0 amide bonds. The molecule has 0 aromatic carbocycles. The smallest absolute Gasteiger partial charge is 0.160 e. The Labute approximate surface area is 136 Å². The summed E-state index contributed by atoms with van der Waals surface area (Å²) in [5.74, 6) is -0.895. The molecule has 0 fully saturated rings. The predicted molar refractivity (Wildman–Crippen MR) is 94.1 cm³/mol. The lowest BCUT2D eigenvalue weighted by molar-refractivity contribution is -0.113. The van der Waals surface area contributed by atoms with Crippen molar-refractivity contribution in [3.8, 4) is 0 Å². The number of nitrogens with two attached hydrogens (primary N) is 2. The molecule has 0 radical (unpaired) electrons. The number of aliphatic imine (C=N–C) groups is 1.